The van der Waals surface area contributed by atoms with Crippen molar-refractivity contribution in [3.05, 3.63) is 59.8 Å². The van der Waals surface area contributed by atoms with E-state index in [0.717, 1.165) is 5.69 Å². The van der Waals surface area contributed by atoms with E-state index in [9.17, 15) is 9.59 Å². The quantitative estimate of drug-likeness (QED) is 0.537. The van der Waals surface area contributed by atoms with E-state index in [0.29, 0.717) is 12.1 Å². The fraction of sp³-hybridized carbons (Fsp3) is 0.133. The van der Waals surface area contributed by atoms with Crippen LogP contribution in [-0.2, 0) is 6.42 Å². The minimum Gasteiger partial charge on any atom is -0.285 e. The molecule has 0 spiro atoms. The van der Waals surface area contributed by atoms with Gasteiger partial charge in [-0.1, -0.05) is 13.0 Å². The first-order chi connectivity index (χ1) is 10.2. The molecule has 0 atom stereocenters. The lowest BCUT2D eigenvalue weighted by Gasteiger charge is -2.02. The summed E-state index contributed by atoms with van der Waals surface area (Å²) >= 11 is 0. The van der Waals surface area contributed by atoms with Crippen LogP contribution >= 0.6 is 0 Å². The third kappa shape index (κ3) is 2.43. The van der Waals surface area contributed by atoms with Crippen molar-refractivity contribution in [3.8, 4) is 0 Å². The van der Waals surface area contributed by atoms with Crippen molar-refractivity contribution in [2.75, 3.05) is 0 Å². The summed E-state index contributed by atoms with van der Waals surface area (Å²) in [6.45, 7) is 1.94. The van der Waals surface area contributed by atoms with Crippen LogP contribution < -0.4 is 0 Å². The number of nitrogens with zero attached hydrogens (tertiary/aromatic N) is 4. The summed E-state index contributed by atoms with van der Waals surface area (Å²) < 4.78 is 1.45. The monoisotopic (exact) mass is 280 g/mol. The molecule has 3 aromatic heterocycles. The molecule has 0 saturated heterocycles. The van der Waals surface area contributed by atoms with Crippen molar-refractivity contribution in [2.24, 2.45) is 0 Å². The predicted molar refractivity (Wildman–Crippen MR) is 75.3 cm³/mol. The van der Waals surface area contributed by atoms with Crippen molar-refractivity contribution in [1.82, 2.24) is 19.6 Å². The summed E-state index contributed by atoms with van der Waals surface area (Å²) in [6, 6.07) is 8.31. The number of pyridine rings is 2. The molecule has 0 aliphatic rings. The molecular formula is C15H12N4O2. The van der Waals surface area contributed by atoms with E-state index in [1.165, 1.54) is 17.0 Å². The first-order valence-corrected chi connectivity index (χ1v) is 6.53. The van der Waals surface area contributed by atoms with Gasteiger partial charge in [0, 0.05) is 17.5 Å². The van der Waals surface area contributed by atoms with Gasteiger partial charge in [-0.15, -0.1) is 0 Å². The van der Waals surface area contributed by atoms with Gasteiger partial charge in [0.05, 0.1) is 0 Å². The van der Waals surface area contributed by atoms with Gasteiger partial charge in [-0.25, -0.2) is 14.5 Å². The third-order valence-electron chi connectivity index (χ3n) is 3.14. The fourth-order valence-corrected chi connectivity index (χ4v) is 2.00. The largest absolute Gasteiger partial charge is 0.285 e. The number of ketones is 2. The maximum atomic E-state index is 12.3. The van der Waals surface area contributed by atoms with Crippen LogP contribution in [0, 0.1) is 0 Å². The molecule has 0 saturated carbocycles. The number of hydrogen-bond donors (Lipinski definition) is 0. The highest BCUT2D eigenvalue weighted by atomic mass is 16.2. The van der Waals surface area contributed by atoms with Crippen LogP contribution in [0.25, 0.3) is 5.65 Å². The average molecular weight is 280 g/mol. The number of aryl methyl sites for hydroxylation is 1. The van der Waals surface area contributed by atoms with E-state index in [2.05, 4.69) is 15.1 Å². The number of carbonyl (C=O) groups excluding carboxylic acids is 2. The zero-order valence-electron chi connectivity index (χ0n) is 11.4. The molecule has 21 heavy (non-hydrogen) atoms. The van der Waals surface area contributed by atoms with Crippen molar-refractivity contribution < 1.29 is 9.59 Å². The zero-order chi connectivity index (χ0) is 14.8. The smallest absolute Gasteiger partial charge is 0.251 e. The topological polar surface area (TPSA) is 77.2 Å². The third-order valence-corrected chi connectivity index (χ3v) is 3.14. The van der Waals surface area contributed by atoms with Crippen LogP contribution in [0.3, 0.4) is 0 Å². The molecule has 6 nitrogen and oxygen atoms in total. The highest BCUT2D eigenvalue weighted by Gasteiger charge is 2.20. The Hall–Kier alpha value is -2.89. The Morgan fingerprint density at radius 3 is 2.81 bits per heavy atom. The van der Waals surface area contributed by atoms with Gasteiger partial charge >= 0.3 is 0 Å². The van der Waals surface area contributed by atoms with Crippen LogP contribution in [0.15, 0.2) is 42.9 Å². The summed E-state index contributed by atoms with van der Waals surface area (Å²) in [5.74, 6) is -1.22. The van der Waals surface area contributed by atoms with Crippen molar-refractivity contribution in [1.29, 1.82) is 0 Å². The molecule has 0 aromatic carbocycles. The second kappa shape index (κ2) is 5.24. The first kappa shape index (κ1) is 13.1. The Labute approximate surface area is 120 Å². The van der Waals surface area contributed by atoms with Crippen molar-refractivity contribution >= 4 is 17.2 Å². The lowest BCUT2D eigenvalue weighted by atomic mass is 10.1. The van der Waals surface area contributed by atoms with Crippen molar-refractivity contribution in [3.63, 3.8) is 0 Å². The van der Waals surface area contributed by atoms with Crippen molar-refractivity contribution in [2.45, 2.75) is 13.3 Å². The zero-order valence-corrected chi connectivity index (χ0v) is 11.4. The molecule has 0 fully saturated rings. The van der Waals surface area contributed by atoms with Gasteiger partial charge in [0.25, 0.3) is 5.78 Å². The maximum Gasteiger partial charge on any atom is 0.251 e. The molecular weight excluding hydrogens is 268 g/mol. The lowest BCUT2D eigenvalue weighted by Crippen LogP contribution is -2.17. The molecule has 3 aromatic rings. The number of aromatic nitrogens is 4. The summed E-state index contributed by atoms with van der Waals surface area (Å²) in [5.41, 5.74) is 1.82. The van der Waals surface area contributed by atoms with Gasteiger partial charge < -0.3 is 0 Å². The first-order valence-electron chi connectivity index (χ1n) is 6.53. The van der Waals surface area contributed by atoms with E-state index in [1.807, 2.05) is 13.0 Å². The van der Waals surface area contributed by atoms with E-state index < -0.39 is 11.6 Å². The predicted octanol–water partition coefficient (Wildman–Crippen LogP) is 1.75. The molecule has 0 aliphatic carbocycles. The molecule has 0 aliphatic heterocycles. The summed E-state index contributed by atoms with van der Waals surface area (Å²) in [4.78, 5) is 32.7. The number of Topliss-reactive ketones (excluding diaryl/α,β-unsaturated/α-hetero) is 2. The van der Waals surface area contributed by atoms with Gasteiger partial charge in [-0.3, -0.25) is 9.59 Å². The number of fused-ring (bicyclic) bond motifs is 1. The Bertz CT molecular complexity index is 838. The molecule has 6 heteroatoms. The highest BCUT2D eigenvalue weighted by Crippen LogP contribution is 2.09. The van der Waals surface area contributed by atoms with Gasteiger partial charge in [-0.05, 0) is 30.7 Å². The molecule has 0 bridgehead atoms. The molecule has 0 N–H and O–H groups in total. The Morgan fingerprint density at radius 1 is 1.14 bits per heavy atom. The second-order valence-electron chi connectivity index (χ2n) is 4.51. The number of hydrogen-bond acceptors (Lipinski definition) is 5. The molecule has 3 heterocycles. The molecule has 0 amide bonds. The SMILES string of the molecule is CCc1cccc(C(=O)C(=O)c2ccc3ncnn3c2)n1. The van der Waals surface area contributed by atoms with Gasteiger partial charge in [-0.2, -0.15) is 5.10 Å². The van der Waals surface area contributed by atoms with Crippen LogP contribution in [0.4, 0.5) is 0 Å². The van der Waals surface area contributed by atoms with E-state index in [-0.39, 0.29) is 11.3 Å². The van der Waals surface area contributed by atoms with E-state index >= 15 is 0 Å². The highest BCUT2D eigenvalue weighted by molar-refractivity contribution is 6.48. The number of rotatable bonds is 4. The van der Waals surface area contributed by atoms with Gasteiger partial charge in [0.15, 0.2) is 5.65 Å². The number of carbonyl (C=O) groups is 2. The van der Waals surface area contributed by atoms with Crippen LogP contribution in [-0.4, -0.2) is 31.1 Å². The normalized spacial score (nSPS) is 10.7. The minimum absolute atomic E-state index is 0.165. The summed E-state index contributed by atoms with van der Waals surface area (Å²) in [7, 11) is 0. The Balaban J connectivity index is 1.94. The Morgan fingerprint density at radius 2 is 2.00 bits per heavy atom. The average Bonchev–Trinajstić information content (AvgIpc) is 3.01. The maximum absolute atomic E-state index is 12.3. The lowest BCUT2D eigenvalue weighted by molar-refractivity contribution is 0.0813. The van der Waals surface area contributed by atoms with Crippen LogP contribution in [0.2, 0.25) is 0 Å². The molecule has 3 rings (SSSR count). The standard InChI is InChI=1S/C15H12N4O2/c1-2-11-4-3-5-12(18-11)15(21)14(20)10-6-7-13-16-9-17-19(13)8-10/h3-9H,2H2,1H3. The van der Waals surface area contributed by atoms with E-state index in [4.69, 9.17) is 0 Å². The van der Waals surface area contributed by atoms with Crippen LogP contribution in [0.1, 0.15) is 33.5 Å². The van der Waals surface area contributed by atoms with Gasteiger partial charge in [0.2, 0.25) is 5.78 Å². The molecule has 0 radical (unpaired) electrons. The van der Waals surface area contributed by atoms with Crippen LogP contribution in [0.5, 0.6) is 0 Å². The fourth-order valence-electron chi connectivity index (χ4n) is 2.00. The summed E-state index contributed by atoms with van der Waals surface area (Å²) in [6.07, 6.45) is 3.59. The van der Waals surface area contributed by atoms with E-state index in [1.54, 1.807) is 24.3 Å². The molecule has 104 valence electrons. The summed E-state index contributed by atoms with van der Waals surface area (Å²) in [5, 5.41) is 3.95. The second-order valence-corrected chi connectivity index (χ2v) is 4.51. The van der Waals surface area contributed by atoms with Gasteiger partial charge in [0.1, 0.15) is 12.0 Å². The Kier molecular flexibility index (Phi) is 3.27. The minimum atomic E-state index is -0.621. The molecule has 0 unspecified atom stereocenters.